The summed E-state index contributed by atoms with van der Waals surface area (Å²) in [6, 6.07) is 12.8. The number of carbonyl (C=O) groups is 1. The lowest BCUT2D eigenvalue weighted by Crippen LogP contribution is -2.42. The number of amides is 1. The number of fused-ring (bicyclic) bond motifs is 1. The molecule has 0 saturated carbocycles. The summed E-state index contributed by atoms with van der Waals surface area (Å²) in [6.07, 6.45) is 2.93. The lowest BCUT2D eigenvalue weighted by molar-refractivity contribution is -0.132. The molecule has 0 bridgehead atoms. The average molecular weight is 602 g/mol. The number of benzene rings is 2. The van der Waals surface area contributed by atoms with Crippen LogP contribution in [0.4, 0.5) is 24.5 Å². The van der Waals surface area contributed by atoms with Gasteiger partial charge in [-0.15, -0.1) is 0 Å². The molecular weight excluding hydrogens is 568 g/mol. The molecule has 2 aromatic carbocycles. The van der Waals surface area contributed by atoms with Gasteiger partial charge in [0.15, 0.2) is 0 Å². The Morgan fingerprint density at radius 3 is 2.28 bits per heavy atom. The molecule has 0 aromatic heterocycles. The minimum absolute atomic E-state index is 0.0118. The first-order chi connectivity index (χ1) is 18.6. The van der Waals surface area contributed by atoms with Crippen molar-refractivity contribution in [3.05, 3.63) is 52.5 Å². The summed E-state index contributed by atoms with van der Waals surface area (Å²) >= 11 is 11.8. The van der Waals surface area contributed by atoms with Crippen molar-refractivity contribution in [3.8, 4) is 0 Å². The lowest BCUT2D eigenvalue weighted by Gasteiger charge is -2.33. The van der Waals surface area contributed by atoms with Crippen molar-refractivity contribution in [1.29, 1.82) is 0 Å². The molecule has 0 radical (unpaired) electrons. The number of hydrogen-bond acceptors (Lipinski definition) is 5. The number of piperidine rings is 1. The van der Waals surface area contributed by atoms with Crippen LogP contribution in [0.2, 0.25) is 10.0 Å². The van der Waals surface area contributed by atoms with Crippen molar-refractivity contribution in [3.63, 3.8) is 0 Å². The minimum atomic E-state index is -4.39. The number of thioether (sulfide) groups is 1. The fraction of sp³-hybridized carbons (Fsp3) is 0.536. The summed E-state index contributed by atoms with van der Waals surface area (Å²) in [6.45, 7) is 6.59. The number of hydrogen-bond donors (Lipinski definition) is 1. The second-order valence-electron chi connectivity index (χ2n) is 10.8. The van der Waals surface area contributed by atoms with E-state index in [1.807, 2.05) is 17.0 Å². The molecule has 0 aliphatic carbocycles. The summed E-state index contributed by atoms with van der Waals surface area (Å²) in [5.41, 5.74) is -2.54. The van der Waals surface area contributed by atoms with E-state index < -0.39 is 5.51 Å². The van der Waals surface area contributed by atoms with E-state index in [9.17, 15) is 18.0 Å². The van der Waals surface area contributed by atoms with E-state index in [1.54, 1.807) is 6.07 Å². The van der Waals surface area contributed by atoms with E-state index in [0.717, 1.165) is 57.0 Å². The van der Waals surface area contributed by atoms with Crippen molar-refractivity contribution in [1.82, 2.24) is 9.80 Å². The number of likely N-dealkylation sites (tertiary alicyclic amines) is 2. The van der Waals surface area contributed by atoms with Crippen molar-refractivity contribution in [2.24, 2.45) is 11.8 Å². The van der Waals surface area contributed by atoms with Gasteiger partial charge in [0, 0.05) is 73.0 Å². The van der Waals surface area contributed by atoms with E-state index in [4.69, 9.17) is 23.2 Å². The number of nitrogens with one attached hydrogen (secondary N) is 1. The highest BCUT2D eigenvalue weighted by atomic mass is 35.5. The normalized spacial score (nSPS) is 22.4. The highest BCUT2D eigenvalue weighted by Crippen LogP contribution is 2.41. The standard InChI is InChI=1S/C28H33Cl2F3N4OS/c29-21-3-6-24(7-4-21)37-17-19-15-35(16-20(19)18-37)11-1-2-27(38)36-12-9-22(10-13-36)34-23-5-8-25(30)26(14-23)39-28(31,32)33/h3-8,14,19-20,22,34H,1-2,9-13,15-18H2/t19-,20?/m0/s1. The van der Waals surface area contributed by atoms with E-state index in [2.05, 4.69) is 27.2 Å². The van der Waals surface area contributed by atoms with E-state index in [0.29, 0.717) is 37.0 Å². The Labute approximate surface area is 242 Å². The van der Waals surface area contributed by atoms with Crippen molar-refractivity contribution >= 4 is 52.2 Å². The monoisotopic (exact) mass is 600 g/mol. The van der Waals surface area contributed by atoms with Crippen LogP contribution in [0.25, 0.3) is 0 Å². The molecule has 5 rings (SSSR count). The molecule has 5 nitrogen and oxygen atoms in total. The fourth-order valence-corrected chi connectivity index (χ4v) is 7.01. The Kier molecular flexibility index (Phi) is 9.11. The molecule has 11 heteroatoms. The van der Waals surface area contributed by atoms with Gasteiger partial charge in [0.1, 0.15) is 0 Å². The van der Waals surface area contributed by atoms with E-state index in [-0.39, 0.29) is 33.6 Å². The van der Waals surface area contributed by atoms with Gasteiger partial charge in [0.25, 0.3) is 0 Å². The third kappa shape index (κ3) is 7.69. The first-order valence-electron chi connectivity index (χ1n) is 13.5. The van der Waals surface area contributed by atoms with Gasteiger partial charge in [0.2, 0.25) is 5.91 Å². The summed E-state index contributed by atoms with van der Waals surface area (Å²) in [5.74, 6) is 1.54. The summed E-state index contributed by atoms with van der Waals surface area (Å²) < 4.78 is 38.3. The second-order valence-corrected chi connectivity index (χ2v) is 12.7. The molecule has 1 N–H and O–H groups in total. The van der Waals surface area contributed by atoms with Crippen LogP contribution in [0.1, 0.15) is 25.7 Å². The molecule has 0 spiro atoms. The first kappa shape index (κ1) is 28.7. The van der Waals surface area contributed by atoms with Crippen LogP contribution in [-0.4, -0.2) is 73.1 Å². The number of alkyl halides is 3. The molecular formula is C28H33Cl2F3N4OS. The Bertz CT molecular complexity index is 1130. The molecule has 39 heavy (non-hydrogen) atoms. The smallest absolute Gasteiger partial charge is 0.382 e. The third-order valence-electron chi connectivity index (χ3n) is 7.99. The molecule has 2 atom stereocenters. The molecule has 3 heterocycles. The second kappa shape index (κ2) is 12.4. The van der Waals surface area contributed by atoms with Gasteiger partial charge >= 0.3 is 5.51 Å². The first-order valence-corrected chi connectivity index (χ1v) is 15.0. The van der Waals surface area contributed by atoms with Crippen molar-refractivity contribution in [2.45, 2.75) is 42.1 Å². The highest BCUT2D eigenvalue weighted by molar-refractivity contribution is 8.00. The number of nitrogens with zero attached hydrogens (tertiary/aromatic N) is 3. The van der Waals surface area contributed by atoms with E-state index >= 15 is 0 Å². The molecule has 3 fully saturated rings. The van der Waals surface area contributed by atoms with Gasteiger partial charge < -0.3 is 20.0 Å². The van der Waals surface area contributed by atoms with Crippen LogP contribution >= 0.6 is 35.0 Å². The predicted octanol–water partition coefficient (Wildman–Crippen LogP) is 6.86. The number of rotatable bonds is 8. The topological polar surface area (TPSA) is 38.8 Å². The number of halogens is 5. The van der Waals surface area contributed by atoms with E-state index in [1.165, 1.54) is 17.8 Å². The Morgan fingerprint density at radius 1 is 0.974 bits per heavy atom. The Morgan fingerprint density at radius 2 is 1.64 bits per heavy atom. The zero-order chi connectivity index (χ0) is 27.6. The predicted molar refractivity (Wildman–Crippen MR) is 153 cm³/mol. The van der Waals surface area contributed by atoms with Crippen LogP contribution in [-0.2, 0) is 4.79 Å². The molecule has 2 aromatic rings. The third-order valence-corrected chi connectivity index (χ3v) is 9.48. The largest absolute Gasteiger partial charge is 0.446 e. The molecule has 1 amide bonds. The quantitative estimate of drug-likeness (QED) is 0.335. The molecule has 212 valence electrons. The summed E-state index contributed by atoms with van der Waals surface area (Å²) in [7, 11) is 0. The zero-order valence-corrected chi connectivity index (χ0v) is 23.9. The molecule has 1 unspecified atom stereocenters. The molecule has 3 saturated heterocycles. The number of anilines is 2. The average Bonchev–Trinajstić information content (AvgIpc) is 3.45. The van der Waals surface area contributed by atoms with Gasteiger partial charge in [-0.1, -0.05) is 23.2 Å². The van der Waals surface area contributed by atoms with Gasteiger partial charge in [-0.3, -0.25) is 4.79 Å². The Balaban J connectivity index is 0.996. The molecule has 3 aliphatic rings. The maximum atomic E-state index is 12.8. The minimum Gasteiger partial charge on any atom is -0.382 e. The zero-order valence-electron chi connectivity index (χ0n) is 21.6. The van der Waals surface area contributed by atoms with Crippen molar-refractivity contribution in [2.75, 3.05) is 56.0 Å². The van der Waals surface area contributed by atoms with Gasteiger partial charge in [-0.2, -0.15) is 13.2 Å². The fourth-order valence-electron chi connectivity index (χ4n) is 6.05. The number of carbonyl (C=O) groups excluding carboxylic acids is 1. The maximum Gasteiger partial charge on any atom is 0.446 e. The maximum absolute atomic E-state index is 12.8. The van der Waals surface area contributed by atoms with Crippen molar-refractivity contribution < 1.29 is 18.0 Å². The molecule has 3 aliphatic heterocycles. The van der Waals surface area contributed by atoms with Gasteiger partial charge in [-0.05, 0) is 91.9 Å². The van der Waals surface area contributed by atoms with Crippen LogP contribution < -0.4 is 10.2 Å². The highest BCUT2D eigenvalue weighted by Gasteiger charge is 2.39. The van der Waals surface area contributed by atoms with Gasteiger partial charge in [-0.25, -0.2) is 0 Å². The van der Waals surface area contributed by atoms with Crippen LogP contribution in [0.3, 0.4) is 0 Å². The summed E-state index contributed by atoms with van der Waals surface area (Å²) in [5, 5.41) is 4.16. The lowest BCUT2D eigenvalue weighted by atomic mass is 10.0. The SMILES string of the molecule is O=C(CCCN1CC2CN(c3ccc(Cl)cc3)C[C@@H]2C1)N1CCC(Nc2ccc(Cl)c(SC(F)(F)F)c2)CC1. The van der Waals surface area contributed by atoms with Crippen LogP contribution in [0.15, 0.2) is 47.4 Å². The summed E-state index contributed by atoms with van der Waals surface area (Å²) in [4.78, 5) is 19.7. The Hall–Kier alpha value is -1.81. The van der Waals surface area contributed by atoms with Gasteiger partial charge in [0.05, 0.1) is 5.02 Å². The van der Waals surface area contributed by atoms with Crippen LogP contribution in [0.5, 0.6) is 0 Å². The van der Waals surface area contributed by atoms with Crippen LogP contribution in [0, 0.1) is 11.8 Å².